The number of amides is 1. The minimum atomic E-state index is -0.0864. The number of halogens is 1. The molecule has 0 radical (unpaired) electrons. The van der Waals surface area contributed by atoms with Crippen LogP contribution in [0.1, 0.15) is 34.2 Å². The third kappa shape index (κ3) is 3.25. The number of H-pyrrole nitrogens is 1. The van der Waals surface area contributed by atoms with Gasteiger partial charge in [-0.3, -0.25) is 9.20 Å². The van der Waals surface area contributed by atoms with Crippen molar-refractivity contribution in [3.63, 3.8) is 0 Å². The van der Waals surface area contributed by atoms with Crippen LogP contribution in [0.2, 0.25) is 0 Å². The number of carbonyl (C=O) groups excluding carboxylic acids is 1. The molecule has 0 aliphatic rings. The quantitative estimate of drug-likeness (QED) is 0.497. The third-order valence-electron chi connectivity index (χ3n) is 4.85. The number of rotatable bonds is 5. The lowest BCUT2D eigenvalue weighted by Crippen LogP contribution is -2.27. The number of nitrogens with zero attached hydrogens (tertiary/aromatic N) is 2. The first-order chi connectivity index (χ1) is 13.1. The number of aromatic nitrogens is 3. The number of hydrogen-bond donors (Lipinski definition) is 2. The van der Waals surface area contributed by atoms with Crippen LogP contribution in [0.25, 0.3) is 16.6 Å². The highest BCUT2D eigenvalue weighted by molar-refractivity contribution is 9.10. The number of carbonyl (C=O) groups is 1. The molecule has 0 saturated heterocycles. The summed E-state index contributed by atoms with van der Waals surface area (Å²) < 4.78 is 2.82. The maximum absolute atomic E-state index is 12.9. The number of pyridine rings is 1. The Morgan fingerprint density at radius 1 is 1.33 bits per heavy atom. The van der Waals surface area contributed by atoms with Crippen LogP contribution >= 0.6 is 15.9 Å². The molecular formula is C21H21BrN4O. The molecule has 3 aromatic heterocycles. The fraction of sp³-hybridized carbons (Fsp3) is 0.238. The second-order valence-corrected chi connectivity index (χ2v) is 7.58. The lowest BCUT2D eigenvalue weighted by atomic mass is 10.1. The normalized spacial score (nSPS) is 11.4. The summed E-state index contributed by atoms with van der Waals surface area (Å²) in [6.07, 6.45) is 5.41. The summed E-state index contributed by atoms with van der Waals surface area (Å²) in [5.41, 5.74) is 5.64. The highest BCUT2D eigenvalue weighted by atomic mass is 79.9. The van der Waals surface area contributed by atoms with Crippen LogP contribution in [0.15, 0.2) is 47.2 Å². The van der Waals surface area contributed by atoms with E-state index in [2.05, 4.69) is 43.3 Å². The minimum Gasteiger partial charge on any atom is -0.361 e. The van der Waals surface area contributed by atoms with Gasteiger partial charge in [0.25, 0.3) is 5.91 Å². The zero-order valence-corrected chi connectivity index (χ0v) is 16.9. The Balaban J connectivity index is 1.56. The van der Waals surface area contributed by atoms with Crippen molar-refractivity contribution in [1.29, 1.82) is 0 Å². The molecule has 0 bridgehead atoms. The summed E-state index contributed by atoms with van der Waals surface area (Å²) in [7, 11) is 0. The highest BCUT2D eigenvalue weighted by Gasteiger charge is 2.19. The Labute approximate surface area is 165 Å². The summed E-state index contributed by atoms with van der Waals surface area (Å²) in [6.45, 7) is 4.60. The van der Waals surface area contributed by atoms with E-state index in [4.69, 9.17) is 0 Å². The highest BCUT2D eigenvalue weighted by Crippen LogP contribution is 2.21. The third-order valence-corrected chi connectivity index (χ3v) is 5.28. The molecule has 1 aromatic carbocycles. The molecule has 4 aromatic rings. The molecule has 2 N–H and O–H groups in total. The van der Waals surface area contributed by atoms with E-state index in [1.165, 1.54) is 10.9 Å². The molecule has 4 rings (SSSR count). The monoisotopic (exact) mass is 424 g/mol. The topological polar surface area (TPSA) is 62.2 Å². The van der Waals surface area contributed by atoms with Gasteiger partial charge in [0.05, 0.1) is 5.69 Å². The smallest absolute Gasteiger partial charge is 0.270 e. The van der Waals surface area contributed by atoms with Gasteiger partial charge < -0.3 is 10.3 Å². The van der Waals surface area contributed by atoms with E-state index in [0.717, 1.165) is 33.3 Å². The number of para-hydroxylation sites is 1. The van der Waals surface area contributed by atoms with Gasteiger partial charge in [0.15, 0.2) is 0 Å². The predicted octanol–water partition coefficient (Wildman–Crippen LogP) is 4.42. The number of benzene rings is 1. The van der Waals surface area contributed by atoms with Gasteiger partial charge in [0.1, 0.15) is 11.3 Å². The maximum Gasteiger partial charge on any atom is 0.270 e. The van der Waals surface area contributed by atoms with E-state index >= 15 is 0 Å². The maximum atomic E-state index is 12.9. The van der Waals surface area contributed by atoms with Crippen molar-refractivity contribution in [1.82, 2.24) is 19.7 Å². The van der Waals surface area contributed by atoms with E-state index in [-0.39, 0.29) is 5.91 Å². The summed E-state index contributed by atoms with van der Waals surface area (Å²) in [5, 5.41) is 4.27. The molecule has 5 nitrogen and oxygen atoms in total. The first-order valence-corrected chi connectivity index (χ1v) is 9.88. The van der Waals surface area contributed by atoms with Crippen molar-refractivity contribution in [2.45, 2.75) is 26.7 Å². The summed E-state index contributed by atoms with van der Waals surface area (Å²) in [5.74, 6) is -0.0864. The van der Waals surface area contributed by atoms with E-state index in [9.17, 15) is 4.79 Å². The van der Waals surface area contributed by atoms with Crippen LogP contribution in [0.4, 0.5) is 0 Å². The molecule has 0 saturated carbocycles. The second-order valence-electron chi connectivity index (χ2n) is 6.66. The molecule has 0 fully saturated rings. The van der Waals surface area contributed by atoms with Gasteiger partial charge in [0, 0.05) is 34.3 Å². The van der Waals surface area contributed by atoms with Crippen molar-refractivity contribution in [2.24, 2.45) is 0 Å². The summed E-state index contributed by atoms with van der Waals surface area (Å²) in [4.78, 5) is 20.9. The lowest BCUT2D eigenvalue weighted by molar-refractivity contribution is 0.0947. The van der Waals surface area contributed by atoms with E-state index in [1.807, 2.05) is 48.8 Å². The molecule has 0 unspecified atom stereocenters. The van der Waals surface area contributed by atoms with Crippen LogP contribution in [-0.4, -0.2) is 26.8 Å². The molecule has 0 aliphatic heterocycles. The number of aromatic amines is 1. The molecule has 6 heteroatoms. The average molecular weight is 425 g/mol. The van der Waals surface area contributed by atoms with Crippen molar-refractivity contribution in [3.05, 3.63) is 69.7 Å². The summed E-state index contributed by atoms with van der Waals surface area (Å²) in [6, 6.07) is 10.2. The molecule has 0 spiro atoms. The van der Waals surface area contributed by atoms with Crippen LogP contribution in [-0.2, 0) is 12.8 Å². The van der Waals surface area contributed by atoms with Crippen molar-refractivity contribution in [2.75, 3.05) is 6.54 Å². The van der Waals surface area contributed by atoms with Crippen LogP contribution in [0.5, 0.6) is 0 Å². The Bertz CT molecular complexity index is 1140. The number of aryl methyl sites for hydroxylation is 2. The van der Waals surface area contributed by atoms with Crippen molar-refractivity contribution in [3.8, 4) is 0 Å². The fourth-order valence-electron chi connectivity index (χ4n) is 3.54. The van der Waals surface area contributed by atoms with Gasteiger partial charge >= 0.3 is 0 Å². The lowest BCUT2D eigenvalue weighted by Gasteiger charge is -2.07. The standard InChI is InChI=1S/C21H21BrN4O/c1-3-17-19(26-12-15(22)10-13(2)20(26)25-17)21(27)23-9-8-14-11-24-18-7-5-4-6-16(14)18/h4-7,10-12,24H,3,8-9H2,1-2H3,(H,23,27). The molecular weight excluding hydrogens is 404 g/mol. The van der Waals surface area contributed by atoms with E-state index in [1.54, 1.807) is 0 Å². The summed E-state index contributed by atoms with van der Waals surface area (Å²) >= 11 is 3.52. The van der Waals surface area contributed by atoms with Gasteiger partial charge in [-0.25, -0.2) is 4.98 Å². The van der Waals surface area contributed by atoms with Crippen LogP contribution < -0.4 is 5.32 Å². The molecule has 138 valence electrons. The van der Waals surface area contributed by atoms with Gasteiger partial charge in [-0.1, -0.05) is 25.1 Å². The van der Waals surface area contributed by atoms with Gasteiger partial charge in [0.2, 0.25) is 0 Å². The number of fused-ring (bicyclic) bond motifs is 2. The largest absolute Gasteiger partial charge is 0.361 e. The molecule has 0 aliphatic carbocycles. The Morgan fingerprint density at radius 2 is 2.15 bits per heavy atom. The fourth-order valence-corrected chi connectivity index (χ4v) is 4.08. The Morgan fingerprint density at radius 3 is 2.96 bits per heavy atom. The van der Waals surface area contributed by atoms with Gasteiger partial charge in [-0.2, -0.15) is 0 Å². The van der Waals surface area contributed by atoms with E-state index < -0.39 is 0 Å². The first kappa shape index (κ1) is 17.8. The molecule has 27 heavy (non-hydrogen) atoms. The SMILES string of the molecule is CCc1nc2c(C)cc(Br)cn2c1C(=O)NCCc1c[nH]c2ccccc12. The van der Waals surface area contributed by atoms with Gasteiger partial charge in [-0.15, -0.1) is 0 Å². The molecule has 1 amide bonds. The average Bonchev–Trinajstić information content (AvgIpc) is 3.23. The zero-order valence-electron chi connectivity index (χ0n) is 15.3. The minimum absolute atomic E-state index is 0.0864. The Kier molecular flexibility index (Phi) is 4.74. The van der Waals surface area contributed by atoms with Crippen molar-refractivity contribution < 1.29 is 4.79 Å². The molecule has 0 atom stereocenters. The Hall–Kier alpha value is -2.60. The number of nitrogens with one attached hydrogen (secondary N) is 2. The van der Waals surface area contributed by atoms with Crippen molar-refractivity contribution >= 4 is 38.4 Å². The van der Waals surface area contributed by atoms with E-state index in [0.29, 0.717) is 18.7 Å². The van der Waals surface area contributed by atoms with Crippen LogP contribution in [0.3, 0.4) is 0 Å². The zero-order chi connectivity index (χ0) is 19.0. The second kappa shape index (κ2) is 7.19. The van der Waals surface area contributed by atoms with Crippen LogP contribution in [0, 0.1) is 6.92 Å². The number of hydrogen-bond acceptors (Lipinski definition) is 2. The molecule has 3 heterocycles. The first-order valence-electron chi connectivity index (χ1n) is 9.08. The van der Waals surface area contributed by atoms with Gasteiger partial charge in [-0.05, 0) is 59.0 Å². The number of imidazole rings is 1. The predicted molar refractivity (Wildman–Crippen MR) is 111 cm³/mol.